The highest BCUT2D eigenvalue weighted by Crippen LogP contribution is 2.32. The van der Waals surface area contributed by atoms with Gasteiger partial charge >= 0.3 is 6.18 Å². The van der Waals surface area contributed by atoms with E-state index in [1.807, 2.05) is 0 Å². The lowest BCUT2D eigenvalue weighted by molar-refractivity contribution is -0.140. The van der Waals surface area contributed by atoms with E-state index in [9.17, 15) is 17.6 Å². The number of hydrogen-bond donors (Lipinski definition) is 0. The van der Waals surface area contributed by atoms with Gasteiger partial charge in [0.05, 0.1) is 5.56 Å². The Bertz CT molecular complexity index is 381. The highest BCUT2D eigenvalue weighted by molar-refractivity contribution is 6.23. The molecule has 15 heavy (non-hydrogen) atoms. The highest BCUT2D eigenvalue weighted by Gasteiger charge is 2.33. The number of allylic oxidation sites excluding steroid dienone is 1. The first kappa shape index (κ1) is 12.0. The lowest BCUT2D eigenvalue weighted by atomic mass is 10.1. The second-order valence-electron chi connectivity index (χ2n) is 2.93. The predicted octanol–water partition coefficient (Wildman–Crippen LogP) is 4.10. The van der Waals surface area contributed by atoms with Crippen molar-refractivity contribution in [3.05, 3.63) is 41.7 Å². The zero-order valence-electron chi connectivity index (χ0n) is 7.54. The summed E-state index contributed by atoms with van der Waals surface area (Å²) in [5.74, 6) is -1.27. The molecule has 1 aromatic rings. The van der Waals surface area contributed by atoms with Gasteiger partial charge in [0.15, 0.2) is 0 Å². The summed E-state index contributed by atoms with van der Waals surface area (Å²) in [6.07, 6.45) is -4.68. The van der Waals surface area contributed by atoms with Crippen LogP contribution in [-0.4, -0.2) is 5.88 Å². The number of halogens is 5. The number of alkyl halides is 4. The molecule has 1 aromatic carbocycles. The van der Waals surface area contributed by atoms with Crippen LogP contribution in [0.5, 0.6) is 0 Å². The molecule has 0 aliphatic carbocycles. The Hall–Kier alpha value is -1.03. The van der Waals surface area contributed by atoms with Gasteiger partial charge < -0.3 is 0 Å². The molecule has 0 atom stereocenters. The lowest BCUT2D eigenvalue weighted by Crippen LogP contribution is -2.08. The fourth-order valence-electron chi connectivity index (χ4n) is 1.04. The lowest BCUT2D eigenvalue weighted by Gasteiger charge is -2.09. The van der Waals surface area contributed by atoms with Crippen molar-refractivity contribution in [2.75, 3.05) is 5.88 Å². The molecule has 0 bridgehead atoms. The molecule has 0 spiro atoms. The zero-order valence-corrected chi connectivity index (χ0v) is 8.29. The molecular weight excluding hydrogens is 232 g/mol. The fourth-order valence-corrected chi connectivity index (χ4v) is 1.20. The molecular formula is C10H7ClF4. The Kier molecular flexibility index (Phi) is 3.39. The van der Waals surface area contributed by atoms with E-state index in [-0.39, 0.29) is 11.4 Å². The first-order valence-corrected chi connectivity index (χ1v) is 4.50. The van der Waals surface area contributed by atoms with E-state index in [0.29, 0.717) is 11.6 Å². The molecule has 5 heteroatoms. The fraction of sp³-hybridized carbons (Fsp3) is 0.200. The highest BCUT2D eigenvalue weighted by atomic mass is 35.5. The average molecular weight is 239 g/mol. The summed E-state index contributed by atoms with van der Waals surface area (Å²) < 4.78 is 49.6. The van der Waals surface area contributed by atoms with E-state index in [4.69, 9.17) is 11.6 Å². The van der Waals surface area contributed by atoms with Gasteiger partial charge in [-0.1, -0.05) is 12.6 Å². The SMILES string of the molecule is C=C(CCl)c1ccc(C(F)(F)F)c(F)c1. The third-order valence-corrected chi connectivity index (χ3v) is 2.17. The van der Waals surface area contributed by atoms with Gasteiger partial charge in [-0.15, -0.1) is 11.6 Å². The Balaban J connectivity index is 3.15. The maximum absolute atomic E-state index is 13.0. The van der Waals surface area contributed by atoms with Gasteiger partial charge in [-0.05, 0) is 23.3 Å². The van der Waals surface area contributed by atoms with Crippen molar-refractivity contribution in [3.63, 3.8) is 0 Å². The summed E-state index contributed by atoms with van der Waals surface area (Å²) in [6, 6.07) is 2.62. The minimum absolute atomic E-state index is 0.0464. The maximum atomic E-state index is 13.0. The van der Waals surface area contributed by atoms with Crippen LogP contribution in [0.25, 0.3) is 5.57 Å². The van der Waals surface area contributed by atoms with E-state index in [0.717, 1.165) is 12.1 Å². The first-order chi connectivity index (χ1) is 6.86. The molecule has 0 aromatic heterocycles. The third kappa shape index (κ3) is 2.72. The van der Waals surface area contributed by atoms with Crippen molar-refractivity contribution in [1.29, 1.82) is 0 Å². The van der Waals surface area contributed by atoms with Crippen LogP contribution in [0.2, 0.25) is 0 Å². The van der Waals surface area contributed by atoms with Crippen molar-refractivity contribution in [3.8, 4) is 0 Å². The van der Waals surface area contributed by atoms with E-state index in [1.54, 1.807) is 0 Å². The molecule has 0 aliphatic heterocycles. The van der Waals surface area contributed by atoms with Crippen LogP contribution in [0.1, 0.15) is 11.1 Å². The first-order valence-electron chi connectivity index (χ1n) is 3.97. The molecule has 0 radical (unpaired) electrons. The predicted molar refractivity (Wildman–Crippen MR) is 51.2 cm³/mol. The second kappa shape index (κ2) is 4.23. The standard InChI is InChI=1S/C10H7ClF4/c1-6(5-11)7-2-3-8(9(12)4-7)10(13,14)15/h2-4H,1,5H2. The summed E-state index contributed by atoms with van der Waals surface area (Å²) in [7, 11) is 0. The zero-order chi connectivity index (χ0) is 11.6. The molecule has 0 aliphatic rings. The molecule has 82 valence electrons. The van der Waals surface area contributed by atoms with E-state index >= 15 is 0 Å². The molecule has 1 rings (SSSR count). The van der Waals surface area contributed by atoms with Crippen molar-refractivity contribution in [2.24, 2.45) is 0 Å². The Morgan fingerprint density at radius 1 is 1.33 bits per heavy atom. The normalized spacial score (nSPS) is 11.5. The van der Waals surface area contributed by atoms with Gasteiger partial charge in [-0.25, -0.2) is 4.39 Å². The van der Waals surface area contributed by atoms with Crippen LogP contribution in [0.4, 0.5) is 17.6 Å². The number of rotatable bonds is 2. The second-order valence-corrected chi connectivity index (χ2v) is 3.20. The minimum Gasteiger partial charge on any atom is -0.206 e. The van der Waals surface area contributed by atoms with Gasteiger partial charge in [-0.2, -0.15) is 13.2 Å². The topological polar surface area (TPSA) is 0 Å². The van der Waals surface area contributed by atoms with Crippen LogP contribution in [0.3, 0.4) is 0 Å². The van der Waals surface area contributed by atoms with Gasteiger partial charge in [0.25, 0.3) is 0 Å². The van der Waals surface area contributed by atoms with Crippen LogP contribution in [0, 0.1) is 5.82 Å². The molecule has 0 N–H and O–H groups in total. The van der Waals surface area contributed by atoms with Gasteiger partial charge in [0.2, 0.25) is 0 Å². The third-order valence-electron chi connectivity index (χ3n) is 1.84. The molecule has 0 amide bonds. The minimum atomic E-state index is -4.68. The van der Waals surface area contributed by atoms with E-state index < -0.39 is 17.6 Å². The molecule has 0 fully saturated rings. The van der Waals surface area contributed by atoms with E-state index in [1.165, 1.54) is 0 Å². The Morgan fingerprint density at radius 2 is 1.93 bits per heavy atom. The summed E-state index contributed by atoms with van der Waals surface area (Å²) in [4.78, 5) is 0. The molecule has 0 saturated carbocycles. The van der Waals surface area contributed by atoms with Gasteiger partial charge in [-0.3, -0.25) is 0 Å². The smallest absolute Gasteiger partial charge is 0.206 e. The molecule has 0 heterocycles. The number of hydrogen-bond acceptors (Lipinski definition) is 0. The number of benzene rings is 1. The Labute approximate surface area is 89.2 Å². The van der Waals surface area contributed by atoms with Crippen LogP contribution >= 0.6 is 11.6 Å². The molecule has 0 nitrogen and oxygen atoms in total. The van der Waals surface area contributed by atoms with Crippen molar-refractivity contribution >= 4 is 17.2 Å². The Morgan fingerprint density at radius 3 is 2.33 bits per heavy atom. The average Bonchev–Trinajstić information content (AvgIpc) is 2.14. The van der Waals surface area contributed by atoms with Crippen LogP contribution < -0.4 is 0 Å². The monoisotopic (exact) mass is 238 g/mol. The van der Waals surface area contributed by atoms with Crippen molar-refractivity contribution < 1.29 is 17.6 Å². The van der Waals surface area contributed by atoms with Gasteiger partial charge in [0, 0.05) is 5.88 Å². The summed E-state index contributed by atoms with van der Waals surface area (Å²) in [5, 5.41) is 0. The summed E-state index contributed by atoms with van der Waals surface area (Å²) in [5.41, 5.74) is -0.631. The molecule has 0 unspecified atom stereocenters. The maximum Gasteiger partial charge on any atom is 0.419 e. The largest absolute Gasteiger partial charge is 0.419 e. The van der Waals surface area contributed by atoms with Crippen molar-refractivity contribution in [2.45, 2.75) is 6.18 Å². The molecule has 0 saturated heterocycles. The van der Waals surface area contributed by atoms with Crippen LogP contribution in [-0.2, 0) is 6.18 Å². The quantitative estimate of drug-likeness (QED) is 0.538. The van der Waals surface area contributed by atoms with Crippen LogP contribution in [0.15, 0.2) is 24.8 Å². The van der Waals surface area contributed by atoms with Gasteiger partial charge in [0.1, 0.15) is 5.82 Å². The summed E-state index contributed by atoms with van der Waals surface area (Å²) in [6.45, 7) is 3.50. The summed E-state index contributed by atoms with van der Waals surface area (Å²) >= 11 is 5.42. The van der Waals surface area contributed by atoms with E-state index in [2.05, 4.69) is 6.58 Å². The van der Waals surface area contributed by atoms with Crippen molar-refractivity contribution in [1.82, 2.24) is 0 Å².